The maximum absolute atomic E-state index is 12.6. The fourth-order valence-corrected chi connectivity index (χ4v) is 4.76. The molecule has 1 amide bonds. The Morgan fingerprint density at radius 1 is 0.872 bits per heavy atom. The molecule has 0 saturated carbocycles. The highest BCUT2D eigenvalue weighted by atomic mass is 31.2. The van der Waals surface area contributed by atoms with Crippen LogP contribution in [0.25, 0.3) is 0 Å². The van der Waals surface area contributed by atoms with Crippen molar-refractivity contribution in [2.45, 2.75) is 135 Å². The lowest BCUT2D eigenvalue weighted by Crippen LogP contribution is -2.46. The molecule has 0 spiro atoms. The lowest BCUT2D eigenvalue weighted by molar-refractivity contribution is -0.124. The summed E-state index contributed by atoms with van der Waals surface area (Å²) in [5.74, 6) is -0.464. The Morgan fingerprint density at radius 2 is 1.46 bits per heavy atom. The van der Waals surface area contributed by atoms with Crippen LogP contribution in [-0.2, 0) is 18.4 Å². The summed E-state index contributed by atoms with van der Waals surface area (Å²) in [5.41, 5.74) is 5.30. The SMILES string of the molecule is CCCC/C=C/CC/C=C/C(O)C(COP(=O)(O)OCCN)NC(=O)CC(O)CCCCCCCCCCC. The molecule has 0 fully saturated rings. The summed E-state index contributed by atoms with van der Waals surface area (Å²) in [6, 6.07) is -0.990. The van der Waals surface area contributed by atoms with Crippen molar-refractivity contribution in [2.75, 3.05) is 19.8 Å². The van der Waals surface area contributed by atoms with Gasteiger partial charge in [0, 0.05) is 6.54 Å². The van der Waals surface area contributed by atoms with Crippen molar-refractivity contribution in [3.05, 3.63) is 24.3 Å². The van der Waals surface area contributed by atoms with Gasteiger partial charge in [-0.15, -0.1) is 0 Å². The summed E-state index contributed by atoms with van der Waals surface area (Å²) >= 11 is 0. The summed E-state index contributed by atoms with van der Waals surface area (Å²) in [7, 11) is -4.38. The minimum absolute atomic E-state index is 0.0448. The van der Waals surface area contributed by atoms with Gasteiger partial charge in [0.2, 0.25) is 5.91 Å². The van der Waals surface area contributed by atoms with E-state index in [1.807, 2.05) is 0 Å². The number of aliphatic hydroxyl groups excluding tert-OH is 2. The predicted octanol–water partition coefficient (Wildman–Crippen LogP) is 5.68. The van der Waals surface area contributed by atoms with Gasteiger partial charge < -0.3 is 26.2 Å². The molecule has 0 heterocycles. The first-order valence-corrected chi connectivity index (χ1v) is 16.5. The Bertz CT molecular complexity index is 691. The number of rotatable bonds is 27. The van der Waals surface area contributed by atoms with Crippen LogP contribution in [-0.4, -0.2) is 59.0 Å². The number of hydrogen-bond donors (Lipinski definition) is 5. The Morgan fingerprint density at radius 3 is 2.10 bits per heavy atom. The van der Waals surface area contributed by atoms with Crippen molar-refractivity contribution in [3.8, 4) is 0 Å². The Kier molecular flexibility index (Phi) is 25.2. The van der Waals surface area contributed by atoms with Gasteiger partial charge in [-0.3, -0.25) is 13.8 Å². The topological polar surface area (TPSA) is 151 Å². The number of hydrogen-bond acceptors (Lipinski definition) is 7. The first-order chi connectivity index (χ1) is 18.8. The molecule has 6 N–H and O–H groups in total. The quantitative estimate of drug-likeness (QED) is 0.0476. The van der Waals surface area contributed by atoms with Gasteiger partial charge in [0.05, 0.1) is 37.9 Å². The van der Waals surface area contributed by atoms with Crippen LogP contribution < -0.4 is 11.1 Å². The molecule has 0 aromatic rings. The number of carbonyl (C=O) groups excluding carboxylic acids is 1. The third-order valence-electron chi connectivity index (χ3n) is 6.33. The van der Waals surface area contributed by atoms with Gasteiger partial charge >= 0.3 is 7.82 Å². The molecule has 0 bridgehead atoms. The average Bonchev–Trinajstić information content (AvgIpc) is 2.90. The number of allylic oxidation sites excluding steroid dienone is 3. The summed E-state index contributed by atoms with van der Waals surface area (Å²) in [6.07, 6.45) is 21.5. The third kappa shape index (κ3) is 24.5. The van der Waals surface area contributed by atoms with Gasteiger partial charge in [-0.1, -0.05) is 109 Å². The standard InChI is InChI=1S/C29H57N2O7P/c1-3-5-7-9-11-13-14-16-18-20-26(32)24-29(34)31-27(25-38-39(35,36)37-23-22-30)28(33)21-19-17-15-12-10-8-6-4-2/h10,12,19,21,26-28,32-33H,3-9,11,13-18,20,22-25,30H2,1-2H3,(H,31,34)(H,35,36)/b12-10+,21-19+. The molecule has 39 heavy (non-hydrogen) atoms. The fourth-order valence-electron chi connectivity index (χ4n) is 4.00. The van der Waals surface area contributed by atoms with Crippen LogP contribution in [0.3, 0.4) is 0 Å². The maximum Gasteiger partial charge on any atom is 0.472 e. The van der Waals surface area contributed by atoms with Crippen molar-refractivity contribution in [1.29, 1.82) is 0 Å². The van der Waals surface area contributed by atoms with Crippen LogP contribution in [0.2, 0.25) is 0 Å². The van der Waals surface area contributed by atoms with E-state index in [9.17, 15) is 24.5 Å². The van der Waals surface area contributed by atoms with Crippen LogP contribution in [0.5, 0.6) is 0 Å². The second-order valence-electron chi connectivity index (χ2n) is 10.1. The smallest absolute Gasteiger partial charge is 0.393 e. The van der Waals surface area contributed by atoms with E-state index in [2.05, 4.69) is 31.3 Å². The number of amides is 1. The van der Waals surface area contributed by atoms with E-state index in [4.69, 9.17) is 14.8 Å². The van der Waals surface area contributed by atoms with Crippen molar-refractivity contribution < 1.29 is 33.5 Å². The van der Waals surface area contributed by atoms with Crippen LogP contribution in [0.15, 0.2) is 24.3 Å². The molecule has 0 aliphatic rings. The van der Waals surface area contributed by atoms with E-state index in [0.29, 0.717) is 12.8 Å². The highest BCUT2D eigenvalue weighted by molar-refractivity contribution is 7.47. The van der Waals surface area contributed by atoms with Crippen molar-refractivity contribution in [3.63, 3.8) is 0 Å². The molecule has 0 aromatic carbocycles. The van der Waals surface area contributed by atoms with E-state index in [1.165, 1.54) is 44.6 Å². The van der Waals surface area contributed by atoms with E-state index >= 15 is 0 Å². The normalized spacial score (nSPS) is 15.9. The van der Waals surface area contributed by atoms with Crippen molar-refractivity contribution >= 4 is 13.7 Å². The molecule has 0 aromatic heterocycles. The Hall–Kier alpha value is -1.06. The molecule has 230 valence electrons. The van der Waals surface area contributed by atoms with Crippen LogP contribution in [0.4, 0.5) is 0 Å². The third-order valence-corrected chi connectivity index (χ3v) is 7.32. The van der Waals surface area contributed by atoms with Crippen LogP contribution >= 0.6 is 7.82 Å². The fraction of sp³-hybridized carbons (Fsp3) is 0.828. The van der Waals surface area contributed by atoms with Crippen molar-refractivity contribution in [1.82, 2.24) is 5.32 Å². The molecule has 0 radical (unpaired) electrons. The highest BCUT2D eigenvalue weighted by Gasteiger charge is 2.27. The van der Waals surface area contributed by atoms with E-state index in [1.54, 1.807) is 6.08 Å². The minimum Gasteiger partial charge on any atom is -0.393 e. The summed E-state index contributed by atoms with van der Waals surface area (Å²) < 4.78 is 21.7. The molecule has 9 nitrogen and oxygen atoms in total. The van der Waals surface area contributed by atoms with Gasteiger partial charge in [-0.25, -0.2) is 4.57 Å². The molecular weight excluding hydrogens is 519 g/mol. The lowest BCUT2D eigenvalue weighted by Gasteiger charge is -2.24. The number of unbranched alkanes of at least 4 members (excludes halogenated alkanes) is 11. The monoisotopic (exact) mass is 576 g/mol. The number of phosphoric ester groups is 1. The average molecular weight is 577 g/mol. The molecule has 0 rings (SSSR count). The molecule has 0 aliphatic carbocycles. The van der Waals surface area contributed by atoms with Gasteiger partial charge in [-0.05, 0) is 25.7 Å². The van der Waals surface area contributed by atoms with Gasteiger partial charge in [0.1, 0.15) is 0 Å². The second-order valence-corrected chi connectivity index (χ2v) is 11.6. The summed E-state index contributed by atoms with van der Waals surface area (Å²) in [4.78, 5) is 22.4. The zero-order valence-corrected chi connectivity index (χ0v) is 25.4. The van der Waals surface area contributed by atoms with E-state index in [-0.39, 0.29) is 19.6 Å². The summed E-state index contributed by atoms with van der Waals surface area (Å²) in [6.45, 7) is 3.80. The number of carbonyl (C=O) groups is 1. The molecular formula is C29H57N2O7P. The first kappa shape index (κ1) is 37.9. The highest BCUT2D eigenvalue weighted by Crippen LogP contribution is 2.43. The zero-order chi connectivity index (χ0) is 29.2. The first-order valence-electron chi connectivity index (χ1n) is 15.0. The molecule has 0 aliphatic heterocycles. The molecule has 0 saturated heterocycles. The van der Waals surface area contributed by atoms with Gasteiger partial charge in [0.15, 0.2) is 0 Å². The zero-order valence-electron chi connectivity index (χ0n) is 24.5. The summed E-state index contributed by atoms with van der Waals surface area (Å²) in [5, 5.41) is 23.6. The number of phosphoric acid groups is 1. The number of aliphatic hydroxyl groups is 2. The van der Waals surface area contributed by atoms with Gasteiger partial charge in [-0.2, -0.15) is 0 Å². The van der Waals surface area contributed by atoms with E-state index in [0.717, 1.165) is 44.9 Å². The van der Waals surface area contributed by atoms with Crippen LogP contribution in [0.1, 0.15) is 117 Å². The second kappa shape index (κ2) is 25.9. The Labute approximate surface area is 237 Å². The van der Waals surface area contributed by atoms with Gasteiger partial charge in [0.25, 0.3) is 0 Å². The lowest BCUT2D eigenvalue weighted by atomic mass is 10.0. The molecule has 4 unspecified atom stereocenters. The van der Waals surface area contributed by atoms with Crippen molar-refractivity contribution in [2.24, 2.45) is 5.73 Å². The number of nitrogens with two attached hydrogens (primary N) is 1. The maximum atomic E-state index is 12.6. The largest absolute Gasteiger partial charge is 0.472 e. The predicted molar refractivity (Wildman–Crippen MR) is 158 cm³/mol. The molecule has 10 heteroatoms. The van der Waals surface area contributed by atoms with Crippen LogP contribution in [0, 0.1) is 0 Å². The minimum atomic E-state index is -4.38. The Balaban J connectivity index is 4.64. The molecule has 4 atom stereocenters. The number of nitrogens with one attached hydrogen (secondary N) is 1. The van der Waals surface area contributed by atoms with E-state index < -0.39 is 38.6 Å².